The van der Waals surface area contributed by atoms with E-state index in [0.29, 0.717) is 32.0 Å². The molecule has 0 bridgehead atoms. The van der Waals surface area contributed by atoms with Crippen LogP contribution in [0, 0.1) is 5.95 Å². The molecule has 2 aromatic heterocycles. The zero-order valence-corrected chi connectivity index (χ0v) is 11.7. The molecule has 3 heterocycles. The highest BCUT2D eigenvalue weighted by Crippen LogP contribution is 2.22. The first-order chi connectivity index (χ1) is 10.6. The van der Waals surface area contributed by atoms with Gasteiger partial charge in [-0.05, 0) is 6.07 Å². The van der Waals surface area contributed by atoms with Gasteiger partial charge in [0.1, 0.15) is 17.8 Å². The summed E-state index contributed by atoms with van der Waals surface area (Å²) in [6, 6.07) is 4.44. The quantitative estimate of drug-likeness (QED) is 0.814. The number of aromatic nitrogens is 3. The van der Waals surface area contributed by atoms with Crippen molar-refractivity contribution in [1.82, 2.24) is 15.0 Å². The predicted octanol–water partition coefficient (Wildman–Crippen LogP) is 2.27. The molecule has 0 saturated carbocycles. The first kappa shape index (κ1) is 14.6. The van der Waals surface area contributed by atoms with Crippen LogP contribution in [0.1, 0.15) is 12.1 Å². The van der Waals surface area contributed by atoms with Crippen LogP contribution in [0.25, 0.3) is 0 Å². The number of nitrogens with zero attached hydrogens (tertiary/aromatic N) is 5. The van der Waals surface area contributed by atoms with Gasteiger partial charge in [-0.25, -0.2) is 23.7 Å². The second-order valence-corrected chi connectivity index (χ2v) is 4.91. The van der Waals surface area contributed by atoms with Crippen LogP contribution in [0.3, 0.4) is 0 Å². The fourth-order valence-electron chi connectivity index (χ4n) is 2.44. The molecular weight excluding hydrogens is 295 g/mol. The number of piperazine rings is 1. The van der Waals surface area contributed by atoms with Gasteiger partial charge >= 0.3 is 0 Å². The molecule has 0 N–H and O–H groups in total. The van der Waals surface area contributed by atoms with Gasteiger partial charge in [0.05, 0.1) is 0 Å². The highest BCUT2D eigenvalue weighted by atomic mass is 19.3. The van der Waals surface area contributed by atoms with Crippen LogP contribution in [0.4, 0.5) is 24.7 Å². The normalized spacial score (nSPS) is 15.5. The van der Waals surface area contributed by atoms with E-state index in [2.05, 4.69) is 15.0 Å². The van der Waals surface area contributed by atoms with Gasteiger partial charge in [0.25, 0.3) is 6.43 Å². The summed E-state index contributed by atoms with van der Waals surface area (Å²) in [6.45, 7) is 2.53. The lowest BCUT2D eigenvalue weighted by Crippen LogP contribution is -2.46. The van der Waals surface area contributed by atoms with Crippen molar-refractivity contribution in [2.24, 2.45) is 0 Å². The Morgan fingerprint density at radius 2 is 1.68 bits per heavy atom. The maximum Gasteiger partial charge on any atom is 0.280 e. The Morgan fingerprint density at radius 1 is 0.955 bits per heavy atom. The number of hydrogen-bond acceptors (Lipinski definition) is 5. The minimum absolute atomic E-state index is 0.274. The van der Waals surface area contributed by atoms with E-state index in [0.717, 1.165) is 12.0 Å². The van der Waals surface area contributed by atoms with Gasteiger partial charge in [-0.1, -0.05) is 0 Å². The molecule has 22 heavy (non-hydrogen) atoms. The minimum atomic E-state index is -2.61. The lowest BCUT2D eigenvalue weighted by Gasteiger charge is -2.36. The van der Waals surface area contributed by atoms with Gasteiger partial charge in [-0.3, -0.25) is 0 Å². The Morgan fingerprint density at radius 3 is 2.36 bits per heavy atom. The van der Waals surface area contributed by atoms with Gasteiger partial charge in [-0.15, -0.1) is 0 Å². The average molecular weight is 309 g/mol. The molecule has 0 unspecified atom stereocenters. The van der Waals surface area contributed by atoms with Crippen molar-refractivity contribution in [2.45, 2.75) is 6.43 Å². The highest BCUT2D eigenvalue weighted by Gasteiger charge is 2.20. The Kier molecular flexibility index (Phi) is 4.08. The lowest BCUT2D eigenvalue weighted by molar-refractivity contribution is 0.146. The minimum Gasteiger partial charge on any atom is -0.368 e. The number of alkyl halides is 2. The second-order valence-electron chi connectivity index (χ2n) is 4.91. The molecule has 1 saturated heterocycles. The highest BCUT2D eigenvalue weighted by molar-refractivity contribution is 5.48. The Labute approximate surface area is 125 Å². The summed E-state index contributed by atoms with van der Waals surface area (Å²) in [7, 11) is 0. The number of halogens is 3. The number of anilines is 2. The first-order valence-corrected chi connectivity index (χ1v) is 6.85. The third-order valence-electron chi connectivity index (χ3n) is 3.58. The first-order valence-electron chi connectivity index (χ1n) is 6.85. The van der Waals surface area contributed by atoms with Crippen LogP contribution in [0.15, 0.2) is 30.7 Å². The van der Waals surface area contributed by atoms with Crippen molar-refractivity contribution in [2.75, 3.05) is 36.0 Å². The molecule has 3 rings (SSSR count). The van der Waals surface area contributed by atoms with Gasteiger partial charge < -0.3 is 9.80 Å². The smallest absolute Gasteiger partial charge is 0.280 e. The molecule has 8 heteroatoms. The van der Waals surface area contributed by atoms with Gasteiger partial charge in [0.2, 0.25) is 5.95 Å². The monoisotopic (exact) mass is 309 g/mol. The molecule has 1 aliphatic heterocycles. The standard InChI is InChI=1S/C14H14F3N5/c15-12-7-10(1-2-18-12)21-3-5-22(6-4-21)13-8-11(14(16)17)19-9-20-13/h1-2,7-9,14H,3-6H2. The van der Waals surface area contributed by atoms with Crippen LogP contribution >= 0.6 is 0 Å². The molecule has 1 aliphatic rings. The third kappa shape index (κ3) is 3.10. The largest absolute Gasteiger partial charge is 0.368 e. The molecule has 1 fully saturated rings. The van der Waals surface area contributed by atoms with E-state index in [4.69, 9.17) is 0 Å². The predicted molar refractivity (Wildman–Crippen MR) is 75.6 cm³/mol. The fourth-order valence-corrected chi connectivity index (χ4v) is 2.44. The molecule has 116 valence electrons. The van der Waals surface area contributed by atoms with Crippen LogP contribution in [0.5, 0.6) is 0 Å². The topological polar surface area (TPSA) is 45.2 Å². The average Bonchev–Trinajstić information content (AvgIpc) is 2.55. The van der Waals surface area contributed by atoms with E-state index < -0.39 is 12.4 Å². The van der Waals surface area contributed by atoms with E-state index in [-0.39, 0.29) is 5.69 Å². The summed E-state index contributed by atoms with van der Waals surface area (Å²) in [5.74, 6) is -0.0248. The fraction of sp³-hybridized carbons (Fsp3) is 0.357. The lowest BCUT2D eigenvalue weighted by atomic mass is 10.2. The zero-order chi connectivity index (χ0) is 15.5. The van der Waals surface area contributed by atoms with E-state index in [1.54, 1.807) is 6.07 Å². The van der Waals surface area contributed by atoms with E-state index >= 15 is 0 Å². The molecule has 0 amide bonds. The molecule has 0 radical (unpaired) electrons. The molecule has 5 nitrogen and oxygen atoms in total. The number of pyridine rings is 1. The Balaban J connectivity index is 1.68. The summed E-state index contributed by atoms with van der Waals surface area (Å²) in [6.07, 6.45) is -0.0273. The molecule has 2 aromatic rings. The summed E-state index contributed by atoms with van der Waals surface area (Å²) in [4.78, 5) is 15.1. The molecule has 0 aliphatic carbocycles. The third-order valence-corrected chi connectivity index (χ3v) is 3.58. The summed E-state index contributed by atoms with van der Waals surface area (Å²) >= 11 is 0. The van der Waals surface area contributed by atoms with Crippen molar-refractivity contribution in [3.63, 3.8) is 0 Å². The van der Waals surface area contributed by atoms with E-state index in [9.17, 15) is 13.2 Å². The Hall–Kier alpha value is -2.38. The van der Waals surface area contributed by atoms with Crippen LogP contribution in [-0.2, 0) is 0 Å². The SMILES string of the molecule is Fc1cc(N2CCN(c3cc(C(F)F)ncn3)CC2)ccn1. The van der Waals surface area contributed by atoms with E-state index in [1.807, 2.05) is 9.80 Å². The molecule has 0 aromatic carbocycles. The van der Waals surface area contributed by atoms with Crippen molar-refractivity contribution in [1.29, 1.82) is 0 Å². The summed E-state index contributed by atoms with van der Waals surface area (Å²) in [5.41, 5.74) is 0.492. The molecular formula is C14H14F3N5. The zero-order valence-electron chi connectivity index (χ0n) is 11.7. The van der Waals surface area contributed by atoms with Crippen LogP contribution < -0.4 is 9.80 Å². The molecule has 0 atom stereocenters. The van der Waals surface area contributed by atoms with Gasteiger partial charge in [0, 0.05) is 50.2 Å². The molecule has 0 spiro atoms. The van der Waals surface area contributed by atoms with Gasteiger partial charge in [0.15, 0.2) is 0 Å². The Bertz CT molecular complexity index is 644. The van der Waals surface area contributed by atoms with Crippen molar-refractivity contribution in [3.05, 3.63) is 42.4 Å². The number of hydrogen-bond donors (Lipinski definition) is 0. The van der Waals surface area contributed by atoms with Gasteiger partial charge in [-0.2, -0.15) is 4.39 Å². The maximum absolute atomic E-state index is 13.1. The maximum atomic E-state index is 13.1. The van der Waals surface area contributed by atoms with Crippen molar-refractivity contribution >= 4 is 11.5 Å². The second kappa shape index (κ2) is 6.17. The number of rotatable bonds is 3. The van der Waals surface area contributed by atoms with Crippen LogP contribution in [-0.4, -0.2) is 41.1 Å². The summed E-state index contributed by atoms with van der Waals surface area (Å²) in [5, 5.41) is 0. The van der Waals surface area contributed by atoms with E-state index in [1.165, 1.54) is 18.3 Å². The van der Waals surface area contributed by atoms with Crippen molar-refractivity contribution < 1.29 is 13.2 Å². The summed E-state index contributed by atoms with van der Waals surface area (Å²) < 4.78 is 38.5. The van der Waals surface area contributed by atoms with Crippen LogP contribution in [0.2, 0.25) is 0 Å². The van der Waals surface area contributed by atoms with Crippen molar-refractivity contribution in [3.8, 4) is 0 Å².